The molecule has 1 atom stereocenters. The summed E-state index contributed by atoms with van der Waals surface area (Å²) in [6.45, 7) is 0. The van der Waals surface area contributed by atoms with Crippen LogP contribution >= 0.6 is 0 Å². The van der Waals surface area contributed by atoms with Gasteiger partial charge >= 0.3 is 0 Å². The molecule has 1 aliphatic heterocycles. The Labute approximate surface area is 106 Å². The van der Waals surface area contributed by atoms with Crippen molar-refractivity contribution in [3.05, 3.63) is 73.1 Å². The number of nitrogens with zero attached hydrogens (tertiary/aromatic N) is 2. The van der Waals surface area contributed by atoms with E-state index in [9.17, 15) is 0 Å². The molecule has 0 radical (unpaired) electrons. The molecule has 1 N–H and O–H groups in total. The number of aliphatic imine (C=N–C) groups is 1. The maximum Gasteiger partial charge on any atom is 0.225 e. The van der Waals surface area contributed by atoms with Crippen LogP contribution < -0.4 is 10.0 Å². The molecule has 0 saturated heterocycles. The molecule has 88 valence electrons. The van der Waals surface area contributed by atoms with Crippen molar-refractivity contribution in [1.29, 1.82) is 0 Å². The van der Waals surface area contributed by atoms with E-state index in [1.54, 1.807) is 0 Å². The average molecular weight is 236 g/mol. The van der Waals surface area contributed by atoms with Gasteiger partial charge in [-0.05, 0) is 12.1 Å². The fourth-order valence-electron chi connectivity index (χ4n) is 2.01. The summed E-state index contributed by atoms with van der Waals surface area (Å²) in [4.78, 5) is 4.21. The number of benzene rings is 2. The van der Waals surface area contributed by atoms with Gasteiger partial charge in [-0.25, -0.2) is 10.4 Å². The topological polar surface area (TPSA) is 24.4 Å². The number of para-hydroxylation sites is 2. The van der Waals surface area contributed by atoms with Crippen molar-refractivity contribution >= 4 is 17.7 Å². The number of hydrogen-bond donors (Lipinski definition) is 1. The molecule has 3 nitrogen and oxygen atoms in total. The van der Waals surface area contributed by atoms with Crippen LogP contribution in [0.5, 0.6) is 0 Å². The first-order valence-corrected chi connectivity index (χ1v) is 5.88. The molecule has 0 spiro atoms. The van der Waals surface area contributed by atoms with Crippen LogP contribution in [0.15, 0.2) is 78.1 Å². The first-order valence-electron chi connectivity index (χ1n) is 5.88. The Morgan fingerprint density at radius 3 is 2.11 bits per heavy atom. The Balaban J connectivity index is 1.99. The molecule has 2 aromatic carbocycles. The minimum atomic E-state index is 0.408. The van der Waals surface area contributed by atoms with Crippen LogP contribution in [0.25, 0.3) is 0 Å². The zero-order valence-corrected chi connectivity index (χ0v) is 9.90. The Bertz CT molecular complexity index is 561. The lowest BCUT2D eigenvalue weighted by Crippen LogP contribution is -2.46. The van der Waals surface area contributed by atoms with Crippen molar-refractivity contribution in [2.75, 3.05) is 5.43 Å². The fraction of sp³-hybridized carbons (Fsp3) is 0. The highest BCUT2D eigenvalue weighted by Gasteiger charge is 2.29. The van der Waals surface area contributed by atoms with E-state index >= 15 is 0 Å². The molecule has 0 aliphatic carbocycles. The van der Waals surface area contributed by atoms with Crippen molar-refractivity contribution in [2.45, 2.75) is 0 Å². The second-order valence-electron chi connectivity index (χ2n) is 4.15. The zero-order valence-electron chi connectivity index (χ0n) is 9.90. The normalized spacial score (nSPS) is 21.1. The van der Waals surface area contributed by atoms with Gasteiger partial charge in [0.1, 0.15) is 0 Å². The molecule has 18 heavy (non-hydrogen) atoms. The van der Waals surface area contributed by atoms with Crippen molar-refractivity contribution in [1.82, 2.24) is 4.59 Å². The highest BCUT2D eigenvalue weighted by Crippen LogP contribution is 2.25. The summed E-state index contributed by atoms with van der Waals surface area (Å²) in [7, 11) is 0. The van der Waals surface area contributed by atoms with Gasteiger partial charge in [0, 0.05) is 12.1 Å². The summed E-state index contributed by atoms with van der Waals surface area (Å²) in [6, 6.07) is 20.4. The van der Waals surface area contributed by atoms with Crippen LogP contribution in [0.2, 0.25) is 0 Å². The van der Waals surface area contributed by atoms with Crippen LogP contribution in [0.3, 0.4) is 0 Å². The van der Waals surface area contributed by atoms with E-state index in [0.29, 0.717) is 4.59 Å². The second-order valence-corrected chi connectivity index (χ2v) is 4.15. The van der Waals surface area contributed by atoms with E-state index in [-0.39, 0.29) is 0 Å². The molecular formula is C15H14N3+. The van der Waals surface area contributed by atoms with Gasteiger partial charge in [0.25, 0.3) is 0 Å². The van der Waals surface area contributed by atoms with Gasteiger partial charge in [0.2, 0.25) is 6.34 Å². The molecule has 0 amide bonds. The summed E-state index contributed by atoms with van der Waals surface area (Å²) in [5.41, 5.74) is 5.65. The summed E-state index contributed by atoms with van der Waals surface area (Å²) in [6.07, 6.45) is 5.70. The number of hydrogen-bond acceptors (Lipinski definition) is 2. The Morgan fingerprint density at radius 1 is 0.833 bits per heavy atom. The molecule has 0 saturated carbocycles. The molecule has 0 fully saturated rings. The molecule has 1 aliphatic rings. The number of quaternary nitrogens is 1. The van der Waals surface area contributed by atoms with Gasteiger partial charge in [-0.3, -0.25) is 0 Å². The predicted octanol–water partition coefficient (Wildman–Crippen LogP) is 3.53. The maximum atomic E-state index is 4.21. The third-order valence-corrected chi connectivity index (χ3v) is 2.91. The van der Waals surface area contributed by atoms with E-state index < -0.39 is 0 Å². The molecule has 0 bridgehead atoms. The highest BCUT2D eigenvalue weighted by molar-refractivity contribution is 5.81. The minimum absolute atomic E-state index is 0.408. The van der Waals surface area contributed by atoms with Gasteiger partial charge in [0.15, 0.2) is 11.9 Å². The minimum Gasteiger partial charge on any atom is -0.221 e. The summed E-state index contributed by atoms with van der Waals surface area (Å²) < 4.78 is 0.408. The predicted molar refractivity (Wildman–Crippen MR) is 75.9 cm³/mol. The van der Waals surface area contributed by atoms with Gasteiger partial charge < -0.3 is 0 Å². The fourth-order valence-corrected chi connectivity index (χ4v) is 2.01. The Morgan fingerprint density at radius 2 is 1.50 bits per heavy atom. The van der Waals surface area contributed by atoms with E-state index in [2.05, 4.69) is 22.6 Å². The molecule has 0 aromatic heterocycles. The lowest BCUT2D eigenvalue weighted by atomic mass is 10.3. The van der Waals surface area contributed by atoms with Gasteiger partial charge in [-0.15, -0.1) is 4.59 Å². The standard InChI is InChI=1S/C15H14N3/c1-3-7-14(8-4-1)17-18(12-11-16-13-18)15-9-5-2-6-10-15/h1-13,17H/q+1. The first kappa shape index (κ1) is 10.7. The van der Waals surface area contributed by atoms with E-state index in [4.69, 9.17) is 0 Å². The molecule has 3 rings (SSSR count). The SMILES string of the molecule is C1=C[N+](Nc2ccccc2)(c2ccccc2)C=N1. The highest BCUT2D eigenvalue weighted by atomic mass is 15.7. The van der Waals surface area contributed by atoms with Crippen LogP contribution in [0.4, 0.5) is 11.4 Å². The average Bonchev–Trinajstić information content (AvgIpc) is 2.91. The quantitative estimate of drug-likeness (QED) is 0.810. The third kappa shape index (κ3) is 1.92. The van der Waals surface area contributed by atoms with E-state index in [1.165, 1.54) is 0 Å². The van der Waals surface area contributed by atoms with Crippen LogP contribution in [0, 0.1) is 0 Å². The summed E-state index contributed by atoms with van der Waals surface area (Å²) in [5.74, 6) is 0. The molecule has 1 heterocycles. The molecular weight excluding hydrogens is 222 g/mol. The lowest BCUT2D eigenvalue weighted by Gasteiger charge is -2.27. The largest absolute Gasteiger partial charge is 0.225 e. The number of nitrogens with one attached hydrogen (secondary N) is 1. The second kappa shape index (κ2) is 4.47. The first-order chi connectivity index (χ1) is 8.89. The third-order valence-electron chi connectivity index (χ3n) is 2.91. The Hall–Kier alpha value is -2.39. The Kier molecular flexibility index (Phi) is 2.67. The van der Waals surface area contributed by atoms with Gasteiger partial charge in [-0.2, -0.15) is 0 Å². The maximum absolute atomic E-state index is 4.21. The van der Waals surface area contributed by atoms with Gasteiger partial charge in [0.05, 0.1) is 11.9 Å². The summed E-state index contributed by atoms with van der Waals surface area (Å²) >= 11 is 0. The molecule has 3 heteroatoms. The van der Waals surface area contributed by atoms with Crippen molar-refractivity contribution < 1.29 is 0 Å². The lowest BCUT2D eigenvalue weighted by molar-refractivity contribution is 0.669. The van der Waals surface area contributed by atoms with Gasteiger partial charge in [-0.1, -0.05) is 36.4 Å². The monoisotopic (exact) mass is 236 g/mol. The summed E-state index contributed by atoms with van der Waals surface area (Å²) in [5, 5.41) is 0. The smallest absolute Gasteiger partial charge is 0.221 e. The van der Waals surface area contributed by atoms with Crippen molar-refractivity contribution in [3.8, 4) is 0 Å². The van der Waals surface area contributed by atoms with Crippen molar-refractivity contribution in [2.24, 2.45) is 4.99 Å². The van der Waals surface area contributed by atoms with E-state index in [1.807, 2.05) is 67.3 Å². The van der Waals surface area contributed by atoms with Crippen LogP contribution in [0.1, 0.15) is 0 Å². The number of anilines is 1. The zero-order chi connectivity index (χ0) is 12.3. The van der Waals surface area contributed by atoms with Crippen LogP contribution in [-0.2, 0) is 0 Å². The van der Waals surface area contributed by atoms with Crippen LogP contribution in [-0.4, -0.2) is 6.34 Å². The molecule has 1 unspecified atom stereocenters. The van der Waals surface area contributed by atoms with Crippen molar-refractivity contribution in [3.63, 3.8) is 0 Å². The van der Waals surface area contributed by atoms with E-state index in [0.717, 1.165) is 11.4 Å². The number of rotatable bonds is 3. The molecule has 2 aromatic rings.